The molecule has 100 valence electrons. The van der Waals surface area contributed by atoms with Crippen LogP contribution in [0, 0.1) is 5.82 Å². The summed E-state index contributed by atoms with van der Waals surface area (Å²) in [6, 6.07) is 5.18. The first kappa shape index (κ1) is 12.3. The van der Waals surface area contributed by atoms with Crippen LogP contribution in [0.1, 0.15) is 24.4 Å². The Morgan fingerprint density at radius 1 is 1.53 bits per heavy atom. The van der Waals surface area contributed by atoms with Gasteiger partial charge in [0.1, 0.15) is 5.82 Å². The summed E-state index contributed by atoms with van der Waals surface area (Å²) in [6.45, 7) is 0. The Balaban J connectivity index is 1.79. The van der Waals surface area contributed by atoms with E-state index < -0.39 is 5.82 Å². The summed E-state index contributed by atoms with van der Waals surface area (Å²) in [6.07, 6.45) is 2.00. The minimum atomic E-state index is -0.397. The molecule has 0 aliphatic heterocycles. The van der Waals surface area contributed by atoms with Crippen molar-refractivity contribution in [3.05, 3.63) is 40.1 Å². The zero-order valence-corrected chi connectivity index (χ0v) is 10.9. The zero-order valence-electron chi connectivity index (χ0n) is 10.1. The first-order valence-electron chi connectivity index (χ1n) is 5.99. The van der Waals surface area contributed by atoms with Gasteiger partial charge < -0.3 is 5.73 Å². The van der Waals surface area contributed by atoms with Gasteiger partial charge in [-0.2, -0.15) is 0 Å². The molecule has 1 aromatic heterocycles. The normalized spacial score (nSPS) is 14.8. The molecule has 5 nitrogen and oxygen atoms in total. The van der Waals surface area contributed by atoms with Crippen LogP contribution >= 0.6 is 11.8 Å². The SMILES string of the molecule is Nc1cccc(CSc2n[nH]c(=O)n2C2CC2)c1F. The number of hydrogen-bond acceptors (Lipinski definition) is 4. The van der Waals surface area contributed by atoms with Crippen molar-refractivity contribution in [2.45, 2.75) is 29.8 Å². The number of benzene rings is 1. The maximum Gasteiger partial charge on any atom is 0.344 e. The predicted molar refractivity (Wildman–Crippen MR) is 71.5 cm³/mol. The minimum absolute atomic E-state index is 0.139. The van der Waals surface area contributed by atoms with Crippen molar-refractivity contribution in [3.63, 3.8) is 0 Å². The highest BCUT2D eigenvalue weighted by Crippen LogP contribution is 2.36. The number of nitrogens with one attached hydrogen (secondary N) is 1. The van der Waals surface area contributed by atoms with Gasteiger partial charge in [0.2, 0.25) is 0 Å². The number of halogens is 1. The van der Waals surface area contributed by atoms with Gasteiger partial charge in [0.15, 0.2) is 5.16 Å². The molecule has 0 amide bonds. The lowest BCUT2D eigenvalue weighted by Gasteiger charge is -2.05. The molecule has 19 heavy (non-hydrogen) atoms. The molecule has 1 aliphatic rings. The quantitative estimate of drug-likeness (QED) is 0.662. The van der Waals surface area contributed by atoms with Gasteiger partial charge in [-0.25, -0.2) is 14.3 Å². The lowest BCUT2D eigenvalue weighted by molar-refractivity contribution is 0.621. The Kier molecular flexibility index (Phi) is 3.06. The molecule has 1 fully saturated rings. The van der Waals surface area contributed by atoms with E-state index in [1.165, 1.54) is 17.8 Å². The second-order valence-corrected chi connectivity index (χ2v) is 5.46. The van der Waals surface area contributed by atoms with Crippen LogP contribution in [-0.4, -0.2) is 14.8 Å². The number of H-pyrrole nitrogens is 1. The van der Waals surface area contributed by atoms with Crippen LogP contribution in [0.5, 0.6) is 0 Å². The number of aromatic nitrogens is 3. The van der Waals surface area contributed by atoms with Crippen molar-refractivity contribution in [1.29, 1.82) is 0 Å². The van der Waals surface area contributed by atoms with Crippen molar-refractivity contribution in [2.75, 3.05) is 5.73 Å². The molecular formula is C12H13FN4OS. The first-order chi connectivity index (χ1) is 9.16. The van der Waals surface area contributed by atoms with Crippen LogP contribution in [0.25, 0.3) is 0 Å². The standard InChI is InChI=1S/C12H13FN4OS/c13-10-7(2-1-3-9(10)14)6-19-12-16-15-11(18)17(12)8-4-5-8/h1-3,8H,4-6,14H2,(H,15,18). The van der Waals surface area contributed by atoms with Crippen LogP contribution in [0.2, 0.25) is 0 Å². The lowest BCUT2D eigenvalue weighted by Crippen LogP contribution is -2.16. The van der Waals surface area contributed by atoms with E-state index in [0.717, 1.165) is 12.8 Å². The number of nitrogens with two attached hydrogens (primary N) is 1. The summed E-state index contributed by atoms with van der Waals surface area (Å²) >= 11 is 1.34. The van der Waals surface area contributed by atoms with Gasteiger partial charge in [0, 0.05) is 17.4 Å². The van der Waals surface area contributed by atoms with E-state index in [2.05, 4.69) is 10.2 Å². The fraction of sp³-hybridized carbons (Fsp3) is 0.333. The van der Waals surface area contributed by atoms with Crippen LogP contribution < -0.4 is 11.4 Å². The average molecular weight is 280 g/mol. The summed E-state index contributed by atoms with van der Waals surface area (Å²) in [7, 11) is 0. The van der Waals surface area contributed by atoms with Crippen LogP contribution in [-0.2, 0) is 5.75 Å². The Morgan fingerprint density at radius 2 is 2.32 bits per heavy atom. The molecule has 3 N–H and O–H groups in total. The number of nitrogens with zero attached hydrogens (tertiary/aromatic N) is 2. The van der Waals surface area contributed by atoms with Crippen LogP contribution in [0.3, 0.4) is 0 Å². The van der Waals surface area contributed by atoms with Gasteiger partial charge in [-0.15, -0.1) is 5.10 Å². The van der Waals surface area contributed by atoms with Gasteiger partial charge in [-0.1, -0.05) is 23.9 Å². The van der Waals surface area contributed by atoms with Gasteiger partial charge in [-0.3, -0.25) is 4.57 Å². The highest BCUT2D eigenvalue weighted by molar-refractivity contribution is 7.98. The maximum absolute atomic E-state index is 13.7. The fourth-order valence-electron chi connectivity index (χ4n) is 1.90. The Bertz CT molecular complexity index is 662. The van der Waals surface area contributed by atoms with Crippen LogP contribution in [0.4, 0.5) is 10.1 Å². The molecule has 1 saturated carbocycles. The number of aromatic amines is 1. The monoisotopic (exact) mass is 280 g/mol. The topological polar surface area (TPSA) is 76.7 Å². The molecule has 3 rings (SSSR count). The van der Waals surface area contributed by atoms with E-state index in [1.807, 2.05) is 0 Å². The molecule has 2 aromatic rings. The van der Waals surface area contributed by atoms with Crippen molar-refractivity contribution >= 4 is 17.4 Å². The van der Waals surface area contributed by atoms with E-state index in [4.69, 9.17) is 5.73 Å². The van der Waals surface area contributed by atoms with Crippen molar-refractivity contribution < 1.29 is 4.39 Å². The minimum Gasteiger partial charge on any atom is -0.396 e. The molecule has 0 spiro atoms. The molecule has 0 bridgehead atoms. The highest BCUT2D eigenvalue weighted by Gasteiger charge is 2.28. The first-order valence-corrected chi connectivity index (χ1v) is 6.98. The molecule has 0 atom stereocenters. The summed E-state index contributed by atoms with van der Waals surface area (Å²) in [5.41, 5.74) is 5.98. The largest absolute Gasteiger partial charge is 0.396 e. The smallest absolute Gasteiger partial charge is 0.344 e. The fourth-order valence-corrected chi connectivity index (χ4v) is 2.89. The molecule has 1 heterocycles. The molecule has 0 unspecified atom stereocenters. The molecular weight excluding hydrogens is 267 g/mol. The molecule has 0 saturated heterocycles. The maximum atomic E-state index is 13.7. The van der Waals surface area contributed by atoms with E-state index in [1.54, 1.807) is 16.7 Å². The third kappa shape index (κ3) is 2.37. The third-order valence-corrected chi connectivity index (χ3v) is 4.05. The molecule has 1 aromatic carbocycles. The van der Waals surface area contributed by atoms with Gasteiger partial charge in [0.25, 0.3) is 0 Å². The summed E-state index contributed by atoms with van der Waals surface area (Å²) in [4.78, 5) is 11.6. The molecule has 0 radical (unpaired) electrons. The highest BCUT2D eigenvalue weighted by atomic mass is 32.2. The van der Waals surface area contributed by atoms with Crippen molar-refractivity contribution in [1.82, 2.24) is 14.8 Å². The second-order valence-electron chi connectivity index (χ2n) is 4.52. The summed E-state index contributed by atoms with van der Waals surface area (Å²) < 4.78 is 15.4. The molecule has 7 heteroatoms. The van der Waals surface area contributed by atoms with E-state index in [0.29, 0.717) is 16.5 Å². The van der Waals surface area contributed by atoms with E-state index in [-0.39, 0.29) is 17.4 Å². The summed E-state index contributed by atoms with van der Waals surface area (Å²) in [5.74, 6) is -0.000644. The molecule has 1 aliphatic carbocycles. The third-order valence-electron chi connectivity index (χ3n) is 3.05. The Labute approximate surface area is 113 Å². The Morgan fingerprint density at radius 3 is 3.05 bits per heavy atom. The van der Waals surface area contributed by atoms with Gasteiger partial charge >= 0.3 is 5.69 Å². The number of nitrogen functional groups attached to an aromatic ring is 1. The zero-order chi connectivity index (χ0) is 13.4. The lowest BCUT2D eigenvalue weighted by atomic mass is 10.2. The average Bonchev–Trinajstić information content (AvgIpc) is 3.16. The van der Waals surface area contributed by atoms with E-state index >= 15 is 0 Å². The second kappa shape index (κ2) is 4.73. The number of anilines is 1. The van der Waals surface area contributed by atoms with E-state index in [9.17, 15) is 9.18 Å². The van der Waals surface area contributed by atoms with Gasteiger partial charge in [-0.05, 0) is 18.9 Å². The van der Waals surface area contributed by atoms with Gasteiger partial charge in [0.05, 0.1) is 5.69 Å². The number of thioether (sulfide) groups is 1. The number of hydrogen-bond donors (Lipinski definition) is 2. The predicted octanol–water partition coefficient (Wildman–Crippen LogP) is 1.92. The van der Waals surface area contributed by atoms with Crippen LogP contribution in [0.15, 0.2) is 28.2 Å². The Hall–Kier alpha value is -1.76. The van der Waals surface area contributed by atoms with Crippen molar-refractivity contribution in [3.8, 4) is 0 Å². The summed E-state index contributed by atoms with van der Waals surface area (Å²) in [5, 5.41) is 7.02. The number of rotatable bonds is 4. The van der Waals surface area contributed by atoms with Crippen molar-refractivity contribution in [2.24, 2.45) is 0 Å².